The Kier molecular flexibility index (Phi) is 11.1. The van der Waals surface area contributed by atoms with Gasteiger partial charge in [0.05, 0.1) is 18.1 Å². The molecule has 0 amide bonds. The highest BCUT2D eigenvalue weighted by Crippen LogP contribution is 2.34. The van der Waals surface area contributed by atoms with Crippen LogP contribution in [0, 0.1) is 23.7 Å². The number of Topliss-reactive ketones (excluding diaryl/α,β-unsaturated/α-hetero) is 1. The van der Waals surface area contributed by atoms with Gasteiger partial charge in [-0.15, -0.1) is 0 Å². The third-order valence-corrected chi connectivity index (χ3v) is 6.00. The number of carbonyl (C=O) groups is 2. The van der Waals surface area contributed by atoms with E-state index in [1.807, 2.05) is 39.0 Å². The molecule has 174 valence electrons. The Morgan fingerprint density at radius 2 is 1.74 bits per heavy atom. The van der Waals surface area contributed by atoms with Gasteiger partial charge >= 0.3 is 5.97 Å². The van der Waals surface area contributed by atoms with Crippen LogP contribution in [-0.4, -0.2) is 40.3 Å². The molecule has 5 nitrogen and oxygen atoms in total. The Morgan fingerprint density at radius 3 is 2.32 bits per heavy atom. The Labute approximate surface area is 187 Å². The van der Waals surface area contributed by atoms with Crippen molar-refractivity contribution in [3.63, 3.8) is 0 Å². The van der Waals surface area contributed by atoms with E-state index in [-0.39, 0.29) is 35.8 Å². The average molecular weight is 433 g/mol. The monoisotopic (exact) mass is 432 g/mol. The van der Waals surface area contributed by atoms with Crippen LogP contribution in [0.25, 0.3) is 0 Å². The van der Waals surface area contributed by atoms with E-state index < -0.39 is 12.0 Å². The standard InChI is InChI=1S/C26H40O5/c1-16(11-13-19(4)27)9-8-10-18(3)25-21(6)23(26(30)31-25)15-17(2)12-14-24(29)20(5)22(7)28/h8-10,12,14-16,19-21,23-25,27,29H,11,13H2,1-7H3. The molecule has 1 aliphatic rings. The molecule has 0 bridgehead atoms. The van der Waals surface area contributed by atoms with Gasteiger partial charge in [-0.1, -0.05) is 62.8 Å². The van der Waals surface area contributed by atoms with Crippen LogP contribution in [0.1, 0.15) is 61.3 Å². The fourth-order valence-electron chi connectivity index (χ4n) is 3.53. The molecule has 1 heterocycles. The first-order chi connectivity index (χ1) is 14.4. The van der Waals surface area contributed by atoms with E-state index in [1.54, 1.807) is 26.0 Å². The van der Waals surface area contributed by atoms with Gasteiger partial charge in [0.2, 0.25) is 0 Å². The van der Waals surface area contributed by atoms with Gasteiger partial charge in [-0.2, -0.15) is 0 Å². The highest BCUT2D eigenvalue weighted by Gasteiger charge is 2.41. The van der Waals surface area contributed by atoms with Crippen molar-refractivity contribution in [3.8, 4) is 0 Å². The van der Waals surface area contributed by atoms with Crippen molar-refractivity contribution >= 4 is 11.8 Å². The van der Waals surface area contributed by atoms with Crippen LogP contribution in [0.3, 0.4) is 0 Å². The Balaban J connectivity index is 2.77. The summed E-state index contributed by atoms with van der Waals surface area (Å²) in [6.07, 6.45) is 11.6. The maximum atomic E-state index is 12.4. The fraction of sp³-hybridized carbons (Fsp3) is 0.615. The molecule has 0 aliphatic carbocycles. The summed E-state index contributed by atoms with van der Waals surface area (Å²) in [6.45, 7) is 12.9. The first-order valence-electron chi connectivity index (χ1n) is 11.2. The highest BCUT2D eigenvalue weighted by molar-refractivity contribution is 5.79. The van der Waals surface area contributed by atoms with Gasteiger partial charge in [0.15, 0.2) is 0 Å². The zero-order chi connectivity index (χ0) is 23.7. The summed E-state index contributed by atoms with van der Waals surface area (Å²) in [7, 11) is 0. The van der Waals surface area contributed by atoms with Crippen LogP contribution < -0.4 is 0 Å². The molecule has 0 aromatic rings. The lowest BCUT2D eigenvalue weighted by Crippen LogP contribution is -2.21. The van der Waals surface area contributed by atoms with Gasteiger partial charge in [0, 0.05) is 11.8 Å². The Morgan fingerprint density at radius 1 is 1.10 bits per heavy atom. The van der Waals surface area contributed by atoms with E-state index in [0.29, 0.717) is 5.92 Å². The third kappa shape index (κ3) is 8.96. The molecule has 0 spiro atoms. The largest absolute Gasteiger partial charge is 0.457 e. The minimum Gasteiger partial charge on any atom is -0.457 e. The van der Waals surface area contributed by atoms with Crippen molar-refractivity contribution in [1.29, 1.82) is 0 Å². The van der Waals surface area contributed by atoms with E-state index in [1.165, 1.54) is 6.92 Å². The van der Waals surface area contributed by atoms with Crippen molar-refractivity contribution < 1.29 is 24.5 Å². The molecule has 0 saturated carbocycles. The van der Waals surface area contributed by atoms with Gasteiger partial charge in [0.25, 0.3) is 0 Å². The predicted molar refractivity (Wildman–Crippen MR) is 124 cm³/mol. The lowest BCUT2D eigenvalue weighted by Gasteiger charge is -2.16. The van der Waals surface area contributed by atoms with Crippen molar-refractivity contribution in [2.24, 2.45) is 23.7 Å². The number of rotatable bonds is 11. The summed E-state index contributed by atoms with van der Waals surface area (Å²) < 4.78 is 5.64. The van der Waals surface area contributed by atoms with Crippen LogP contribution >= 0.6 is 0 Å². The molecule has 31 heavy (non-hydrogen) atoms. The molecule has 5 heteroatoms. The van der Waals surface area contributed by atoms with Gasteiger partial charge in [-0.05, 0) is 52.0 Å². The number of esters is 1. The zero-order valence-corrected chi connectivity index (χ0v) is 20.0. The predicted octanol–water partition coefficient (Wildman–Crippen LogP) is 4.55. The summed E-state index contributed by atoms with van der Waals surface area (Å²) >= 11 is 0. The van der Waals surface area contributed by atoms with Crippen LogP contribution in [0.5, 0.6) is 0 Å². The summed E-state index contributed by atoms with van der Waals surface area (Å²) in [6, 6.07) is 0. The molecule has 1 fully saturated rings. The molecule has 7 unspecified atom stereocenters. The van der Waals surface area contributed by atoms with Gasteiger partial charge < -0.3 is 14.9 Å². The minimum atomic E-state index is -0.846. The quantitative estimate of drug-likeness (QED) is 0.370. The number of hydrogen-bond acceptors (Lipinski definition) is 5. The molecule has 7 atom stereocenters. The number of allylic oxidation sites excluding steroid dienone is 5. The minimum absolute atomic E-state index is 0.00534. The number of cyclic esters (lactones) is 1. The van der Waals surface area contributed by atoms with Crippen LogP contribution in [0.4, 0.5) is 0 Å². The second-order valence-corrected chi connectivity index (χ2v) is 9.10. The molecular formula is C26H40O5. The van der Waals surface area contributed by atoms with Crippen molar-refractivity contribution in [2.75, 3.05) is 0 Å². The van der Waals surface area contributed by atoms with E-state index in [9.17, 15) is 19.8 Å². The zero-order valence-electron chi connectivity index (χ0n) is 20.0. The number of ether oxygens (including phenoxy) is 1. The normalized spacial score (nSPS) is 26.9. The number of aliphatic hydroxyl groups excluding tert-OH is 2. The lowest BCUT2D eigenvalue weighted by molar-refractivity contribution is -0.142. The van der Waals surface area contributed by atoms with E-state index in [2.05, 4.69) is 13.0 Å². The maximum absolute atomic E-state index is 12.4. The highest BCUT2D eigenvalue weighted by atomic mass is 16.6. The molecule has 0 aromatic heterocycles. The Hall–Kier alpha value is -1.98. The fourth-order valence-corrected chi connectivity index (χ4v) is 3.53. The molecule has 2 N–H and O–H groups in total. The average Bonchev–Trinajstić information content (AvgIpc) is 2.97. The van der Waals surface area contributed by atoms with E-state index >= 15 is 0 Å². The summed E-state index contributed by atoms with van der Waals surface area (Å²) in [4.78, 5) is 23.8. The smallest absolute Gasteiger partial charge is 0.313 e. The molecule has 1 aliphatic heterocycles. The first-order valence-corrected chi connectivity index (χ1v) is 11.2. The maximum Gasteiger partial charge on any atom is 0.313 e. The summed E-state index contributed by atoms with van der Waals surface area (Å²) in [5.41, 5.74) is 1.84. The molecule has 0 radical (unpaired) electrons. The lowest BCUT2D eigenvalue weighted by atomic mass is 9.87. The summed E-state index contributed by atoms with van der Waals surface area (Å²) in [5.74, 6) is -0.760. The van der Waals surface area contributed by atoms with Crippen LogP contribution in [0.15, 0.2) is 47.6 Å². The molecule has 1 saturated heterocycles. The SMILES string of the molecule is CC(=O)C(C)C(O)C=CC(C)=CC1C(=O)OC(C(C)=CC=CC(C)CCC(C)O)C1C. The number of carbonyl (C=O) groups excluding carboxylic acids is 2. The Bertz CT molecular complexity index is 728. The third-order valence-electron chi connectivity index (χ3n) is 6.00. The van der Waals surface area contributed by atoms with Crippen LogP contribution in [-0.2, 0) is 14.3 Å². The topological polar surface area (TPSA) is 83.8 Å². The molecule has 0 aromatic carbocycles. The van der Waals surface area contributed by atoms with Crippen molar-refractivity contribution in [2.45, 2.75) is 79.6 Å². The summed E-state index contributed by atoms with van der Waals surface area (Å²) in [5, 5.41) is 19.4. The number of aliphatic hydroxyl groups is 2. The van der Waals surface area contributed by atoms with Gasteiger partial charge in [0.1, 0.15) is 11.9 Å². The van der Waals surface area contributed by atoms with E-state index in [0.717, 1.165) is 24.0 Å². The molecule has 1 rings (SSSR count). The first kappa shape index (κ1) is 27.1. The van der Waals surface area contributed by atoms with E-state index in [4.69, 9.17) is 4.74 Å². The number of ketones is 1. The molecular weight excluding hydrogens is 392 g/mol. The second kappa shape index (κ2) is 12.8. The van der Waals surface area contributed by atoms with Gasteiger partial charge in [-0.25, -0.2) is 0 Å². The number of hydrogen-bond donors (Lipinski definition) is 2. The van der Waals surface area contributed by atoms with Gasteiger partial charge in [-0.3, -0.25) is 9.59 Å². The second-order valence-electron chi connectivity index (χ2n) is 9.10. The van der Waals surface area contributed by atoms with Crippen molar-refractivity contribution in [1.82, 2.24) is 0 Å². The van der Waals surface area contributed by atoms with Crippen molar-refractivity contribution in [3.05, 3.63) is 47.6 Å². The van der Waals surface area contributed by atoms with Crippen LogP contribution in [0.2, 0.25) is 0 Å².